The summed E-state index contributed by atoms with van der Waals surface area (Å²) in [7, 11) is 0. The van der Waals surface area contributed by atoms with E-state index >= 15 is 0 Å². The largest absolute Gasteiger partial charge is 0.489 e. The van der Waals surface area contributed by atoms with Crippen LogP contribution in [-0.2, 0) is 11.0 Å². The molecular formula is C19H19F3N4O2. The Balaban J connectivity index is 1.59. The van der Waals surface area contributed by atoms with E-state index in [2.05, 4.69) is 10.6 Å². The van der Waals surface area contributed by atoms with Crippen LogP contribution in [0.4, 0.5) is 18.9 Å². The number of benzene rings is 2. The summed E-state index contributed by atoms with van der Waals surface area (Å²) in [4.78, 5) is 12.4. The van der Waals surface area contributed by atoms with E-state index in [9.17, 15) is 18.0 Å². The molecule has 9 heteroatoms. The highest BCUT2D eigenvalue weighted by atomic mass is 19.4. The maximum atomic E-state index is 12.8. The van der Waals surface area contributed by atoms with Crippen molar-refractivity contribution in [2.75, 3.05) is 11.9 Å². The number of nitrogens with two attached hydrogens (primary N) is 1. The van der Waals surface area contributed by atoms with Gasteiger partial charge >= 0.3 is 6.18 Å². The van der Waals surface area contributed by atoms with Crippen molar-refractivity contribution in [3.63, 3.8) is 0 Å². The van der Waals surface area contributed by atoms with Crippen LogP contribution < -0.4 is 21.1 Å². The molecule has 2 atom stereocenters. The number of anilines is 1. The Hall–Kier alpha value is -3.07. The summed E-state index contributed by atoms with van der Waals surface area (Å²) in [6, 6.07) is 10.7. The molecule has 1 heterocycles. The van der Waals surface area contributed by atoms with Crippen LogP contribution in [0.3, 0.4) is 0 Å². The molecule has 1 unspecified atom stereocenters. The number of carbonyl (C=O) groups excluding carboxylic acids is 1. The minimum Gasteiger partial charge on any atom is -0.489 e. The molecule has 28 heavy (non-hydrogen) atoms. The van der Waals surface area contributed by atoms with Crippen molar-refractivity contribution < 1.29 is 22.7 Å². The highest BCUT2D eigenvalue weighted by molar-refractivity contribution is 5.95. The SMILES string of the molecule is N=C(N)c1cccc(O[C@H]2CNC(C(=O)Nc3cccc(C(F)(F)F)c3)C2)c1. The standard InChI is InChI=1S/C19H19F3N4O2/c20-19(21,22)12-4-2-5-13(8-12)26-18(27)16-9-15(10-25-16)28-14-6-1-3-11(7-14)17(23)24/h1-8,15-16,25H,9-10H2,(H3,23,24)(H,26,27)/t15-,16?/m1/s1. The van der Waals surface area contributed by atoms with Gasteiger partial charge in [0.2, 0.25) is 5.91 Å². The summed E-state index contributed by atoms with van der Waals surface area (Å²) in [5.74, 6) is 0.0229. The second kappa shape index (κ2) is 7.89. The number of amides is 1. The molecule has 0 aromatic heterocycles. The van der Waals surface area contributed by atoms with Gasteiger partial charge in [-0.1, -0.05) is 18.2 Å². The van der Waals surface area contributed by atoms with E-state index in [-0.39, 0.29) is 17.6 Å². The Morgan fingerprint density at radius 3 is 2.68 bits per heavy atom. The Bertz CT molecular complexity index is 885. The van der Waals surface area contributed by atoms with Crippen LogP contribution in [0.2, 0.25) is 0 Å². The van der Waals surface area contributed by atoms with Crippen LogP contribution in [0, 0.1) is 5.41 Å². The maximum Gasteiger partial charge on any atom is 0.416 e. The predicted molar refractivity (Wildman–Crippen MR) is 98.4 cm³/mol. The van der Waals surface area contributed by atoms with Crippen molar-refractivity contribution in [1.82, 2.24) is 5.32 Å². The van der Waals surface area contributed by atoms with E-state index in [4.69, 9.17) is 15.9 Å². The Morgan fingerprint density at radius 1 is 1.21 bits per heavy atom. The third-order valence-electron chi connectivity index (χ3n) is 4.31. The Morgan fingerprint density at radius 2 is 1.96 bits per heavy atom. The lowest BCUT2D eigenvalue weighted by Crippen LogP contribution is -2.35. The fourth-order valence-corrected chi connectivity index (χ4v) is 2.92. The highest BCUT2D eigenvalue weighted by Gasteiger charge is 2.32. The first-order valence-corrected chi connectivity index (χ1v) is 8.55. The van der Waals surface area contributed by atoms with Gasteiger partial charge in [-0.3, -0.25) is 10.2 Å². The van der Waals surface area contributed by atoms with Gasteiger partial charge in [-0.05, 0) is 30.3 Å². The van der Waals surface area contributed by atoms with Gasteiger partial charge in [0, 0.05) is 24.2 Å². The van der Waals surface area contributed by atoms with Crippen molar-refractivity contribution in [2.45, 2.75) is 24.7 Å². The average molecular weight is 392 g/mol. The van der Waals surface area contributed by atoms with Crippen molar-refractivity contribution in [3.8, 4) is 5.75 Å². The number of halogens is 3. The van der Waals surface area contributed by atoms with Gasteiger partial charge in [-0.15, -0.1) is 0 Å². The van der Waals surface area contributed by atoms with Crippen molar-refractivity contribution in [2.24, 2.45) is 5.73 Å². The van der Waals surface area contributed by atoms with Crippen molar-refractivity contribution >= 4 is 17.4 Å². The fraction of sp³-hybridized carbons (Fsp3) is 0.263. The molecule has 0 radical (unpaired) electrons. The molecule has 1 fully saturated rings. The second-order valence-electron chi connectivity index (χ2n) is 6.45. The van der Waals surface area contributed by atoms with Crippen LogP contribution in [0.15, 0.2) is 48.5 Å². The average Bonchev–Trinajstić information content (AvgIpc) is 3.10. The smallest absolute Gasteiger partial charge is 0.416 e. The molecule has 148 valence electrons. The number of hydrogen-bond donors (Lipinski definition) is 4. The highest BCUT2D eigenvalue weighted by Crippen LogP contribution is 2.30. The second-order valence-corrected chi connectivity index (χ2v) is 6.45. The summed E-state index contributed by atoms with van der Waals surface area (Å²) in [5.41, 5.74) is 5.25. The van der Waals surface area contributed by atoms with E-state index in [1.165, 1.54) is 12.1 Å². The Kier molecular flexibility index (Phi) is 5.55. The number of amidine groups is 1. The minimum absolute atomic E-state index is 0.0756. The van der Waals surface area contributed by atoms with Gasteiger partial charge in [-0.25, -0.2) is 0 Å². The van der Waals surface area contributed by atoms with E-state index in [1.807, 2.05) is 0 Å². The molecular weight excluding hydrogens is 373 g/mol. The summed E-state index contributed by atoms with van der Waals surface area (Å²) in [6.07, 6.45) is -4.41. The van der Waals surface area contributed by atoms with Crippen LogP contribution >= 0.6 is 0 Å². The zero-order chi connectivity index (χ0) is 20.3. The minimum atomic E-state index is -4.47. The number of hydrogen-bond acceptors (Lipinski definition) is 4. The van der Waals surface area contributed by atoms with Crippen molar-refractivity contribution in [3.05, 3.63) is 59.7 Å². The van der Waals surface area contributed by atoms with E-state index in [0.29, 0.717) is 24.3 Å². The molecule has 1 amide bonds. The lowest BCUT2D eigenvalue weighted by Gasteiger charge is -2.14. The summed E-state index contributed by atoms with van der Waals surface area (Å²) >= 11 is 0. The first-order chi connectivity index (χ1) is 13.2. The topological polar surface area (TPSA) is 100 Å². The molecule has 3 rings (SSSR count). The van der Waals surface area contributed by atoms with Gasteiger partial charge < -0.3 is 21.1 Å². The number of alkyl halides is 3. The predicted octanol–water partition coefficient (Wildman–Crippen LogP) is 2.74. The lowest BCUT2D eigenvalue weighted by atomic mass is 10.1. The fourth-order valence-electron chi connectivity index (χ4n) is 2.92. The monoisotopic (exact) mass is 392 g/mol. The van der Waals surface area contributed by atoms with Gasteiger partial charge in [-0.2, -0.15) is 13.2 Å². The zero-order valence-corrected chi connectivity index (χ0v) is 14.7. The summed E-state index contributed by atoms with van der Waals surface area (Å²) in [5, 5.41) is 13.0. The maximum absolute atomic E-state index is 12.8. The molecule has 2 aromatic rings. The number of nitrogen functional groups attached to an aromatic ring is 1. The molecule has 6 nitrogen and oxygen atoms in total. The molecule has 0 saturated carbocycles. The molecule has 0 aliphatic carbocycles. The van der Waals surface area contributed by atoms with E-state index in [1.54, 1.807) is 24.3 Å². The van der Waals surface area contributed by atoms with Crippen LogP contribution in [0.25, 0.3) is 0 Å². The normalized spacial score (nSPS) is 19.2. The molecule has 0 spiro atoms. The molecule has 2 aromatic carbocycles. The van der Waals surface area contributed by atoms with Crippen LogP contribution in [0.5, 0.6) is 5.75 Å². The van der Waals surface area contributed by atoms with Gasteiger partial charge in [0.15, 0.2) is 0 Å². The number of nitrogens with one attached hydrogen (secondary N) is 3. The van der Waals surface area contributed by atoms with Crippen molar-refractivity contribution in [1.29, 1.82) is 5.41 Å². The molecule has 1 saturated heterocycles. The first-order valence-electron chi connectivity index (χ1n) is 8.55. The van der Waals surface area contributed by atoms with Crippen LogP contribution in [0.1, 0.15) is 17.5 Å². The Labute approximate surface area is 159 Å². The number of rotatable bonds is 5. The van der Waals surface area contributed by atoms with E-state index in [0.717, 1.165) is 12.1 Å². The van der Waals surface area contributed by atoms with Gasteiger partial charge in [0.05, 0.1) is 11.6 Å². The van der Waals surface area contributed by atoms with Crippen LogP contribution in [-0.4, -0.2) is 30.4 Å². The van der Waals surface area contributed by atoms with Gasteiger partial charge in [0.25, 0.3) is 0 Å². The summed E-state index contributed by atoms with van der Waals surface area (Å²) in [6.45, 7) is 0.408. The third-order valence-corrected chi connectivity index (χ3v) is 4.31. The zero-order valence-electron chi connectivity index (χ0n) is 14.7. The first kappa shape index (κ1) is 19.7. The quantitative estimate of drug-likeness (QED) is 0.464. The molecule has 1 aliphatic heterocycles. The number of ether oxygens (including phenoxy) is 1. The molecule has 0 bridgehead atoms. The van der Waals surface area contributed by atoms with Gasteiger partial charge in [0.1, 0.15) is 17.7 Å². The van der Waals surface area contributed by atoms with E-state index < -0.39 is 23.7 Å². The summed E-state index contributed by atoms with van der Waals surface area (Å²) < 4.78 is 44.2. The third kappa shape index (κ3) is 4.80. The number of carbonyl (C=O) groups is 1. The lowest BCUT2D eigenvalue weighted by molar-refractivity contribution is -0.137. The molecule has 1 aliphatic rings. The molecule has 5 N–H and O–H groups in total.